The highest BCUT2D eigenvalue weighted by atomic mass is 16.5. The third-order valence-electron chi connectivity index (χ3n) is 5.03. The minimum Gasteiger partial charge on any atom is -0.489 e. The first-order valence-corrected chi connectivity index (χ1v) is 10.4. The monoisotopic (exact) mass is 407 g/mol. The molecule has 0 spiro atoms. The maximum absolute atomic E-state index is 12.4. The van der Waals surface area contributed by atoms with Crippen molar-refractivity contribution in [2.24, 2.45) is 0 Å². The number of carbonyl (C=O) groups excluding carboxylic acids is 2. The molecule has 0 atom stereocenters. The molecule has 1 aliphatic rings. The van der Waals surface area contributed by atoms with Gasteiger partial charge in [0, 0.05) is 29.0 Å². The largest absolute Gasteiger partial charge is 0.489 e. The number of benzene rings is 2. The second kappa shape index (κ2) is 11.0. The molecule has 2 aromatic carbocycles. The molecule has 1 saturated carbocycles. The molecule has 1 aliphatic carbocycles. The highest BCUT2D eigenvalue weighted by molar-refractivity contribution is 5.96. The van der Waals surface area contributed by atoms with Gasteiger partial charge in [0.05, 0.1) is 6.54 Å². The van der Waals surface area contributed by atoms with E-state index in [4.69, 9.17) is 4.74 Å². The minimum atomic E-state index is -0.174. The molecule has 6 heteroatoms. The Labute approximate surface area is 177 Å². The lowest BCUT2D eigenvalue weighted by Crippen LogP contribution is -2.36. The third-order valence-corrected chi connectivity index (χ3v) is 5.03. The van der Waals surface area contributed by atoms with Gasteiger partial charge in [0.15, 0.2) is 0 Å². The van der Waals surface area contributed by atoms with Crippen molar-refractivity contribution >= 4 is 23.2 Å². The fourth-order valence-corrected chi connectivity index (χ4v) is 3.46. The lowest BCUT2D eigenvalue weighted by molar-refractivity contribution is -0.114. The van der Waals surface area contributed by atoms with Gasteiger partial charge >= 0.3 is 0 Å². The van der Waals surface area contributed by atoms with Crippen molar-refractivity contribution in [1.82, 2.24) is 5.32 Å². The second-order valence-electron chi connectivity index (χ2n) is 7.41. The topological polar surface area (TPSA) is 79.5 Å². The molecule has 0 unspecified atom stereocenters. The van der Waals surface area contributed by atoms with Gasteiger partial charge in [-0.2, -0.15) is 0 Å². The summed E-state index contributed by atoms with van der Waals surface area (Å²) >= 11 is 0. The molecular weight excluding hydrogens is 378 g/mol. The fourth-order valence-electron chi connectivity index (χ4n) is 3.46. The molecule has 2 amide bonds. The standard InChI is InChI=1S/C24H29N3O3/c1-2-15-30-22-10-6-9-21(16-22)25-17-23(28)26-20-13-11-18(12-14-20)24(29)27-19-7-4-3-5-8-19/h2,6,9-14,16,19,25H,1,3-5,7-8,15,17H2,(H,26,28)(H,27,29). The number of hydrogen-bond acceptors (Lipinski definition) is 4. The fraction of sp³-hybridized carbons (Fsp3) is 0.333. The molecule has 0 aliphatic heterocycles. The van der Waals surface area contributed by atoms with E-state index in [0.717, 1.165) is 18.5 Å². The molecule has 30 heavy (non-hydrogen) atoms. The minimum absolute atomic E-state index is 0.0556. The molecule has 6 nitrogen and oxygen atoms in total. The van der Waals surface area contributed by atoms with E-state index in [-0.39, 0.29) is 24.4 Å². The number of carbonyl (C=O) groups is 2. The van der Waals surface area contributed by atoms with Crippen molar-refractivity contribution < 1.29 is 14.3 Å². The average Bonchev–Trinajstić information content (AvgIpc) is 2.78. The van der Waals surface area contributed by atoms with E-state index in [2.05, 4.69) is 22.5 Å². The van der Waals surface area contributed by atoms with Gasteiger partial charge in [-0.1, -0.05) is 38.0 Å². The van der Waals surface area contributed by atoms with E-state index in [9.17, 15) is 9.59 Å². The van der Waals surface area contributed by atoms with Crippen LogP contribution in [0.3, 0.4) is 0 Å². The van der Waals surface area contributed by atoms with Crippen molar-refractivity contribution in [2.45, 2.75) is 38.1 Å². The van der Waals surface area contributed by atoms with Crippen LogP contribution >= 0.6 is 0 Å². The molecule has 0 saturated heterocycles. The smallest absolute Gasteiger partial charge is 0.251 e. The molecule has 0 heterocycles. The number of nitrogens with one attached hydrogen (secondary N) is 3. The molecule has 3 N–H and O–H groups in total. The predicted octanol–water partition coefficient (Wildman–Crippen LogP) is 4.36. The molecule has 158 valence electrons. The van der Waals surface area contributed by atoms with E-state index in [1.165, 1.54) is 19.3 Å². The summed E-state index contributed by atoms with van der Waals surface area (Å²) in [6.45, 7) is 4.17. The average molecular weight is 408 g/mol. The molecule has 1 fully saturated rings. The quantitative estimate of drug-likeness (QED) is 0.540. The van der Waals surface area contributed by atoms with Crippen LogP contribution in [-0.4, -0.2) is 31.0 Å². The molecule has 0 radical (unpaired) electrons. The van der Waals surface area contributed by atoms with Crippen LogP contribution in [0.1, 0.15) is 42.5 Å². The molecule has 0 bridgehead atoms. The number of amides is 2. The van der Waals surface area contributed by atoms with Crippen LogP contribution in [-0.2, 0) is 4.79 Å². The van der Waals surface area contributed by atoms with Gasteiger partial charge in [0.2, 0.25) is 5.91 Å². The molecule has 2 aromatic rings. The Morgan fingerprint density at radius 1 is 1.03 bits per heavy atom. The highest BCUT2D eigenvalue weighted by Crippen LogP contribution is 2.19. The van der Waals surface area contributed by atoms with Crippen LogP contribution < -0.4 is 20.7 Å². The summed E-state index contributed by atoms with van der Waals surface area (Å²) in [5.74, 6) is 0.481. The first kappa shape index (κ1) is 21.4. The summed E-state index contributed by atoms with van der Waals surface area (Å²) in [5.41, 5.74) is 2.05. The summed E-state index contributed by atoms with van der Waals surface area (Å²) in [6, 6.07) is 14.6. The normalized spacial score (nSPS) is 13.9. The summed E-state index contributed by atoms with van der Waals surface area (Å²) in [4.78, 5) is 24.6. The van der Waals surface area contributed by atoms with Crippen LogP contribution in [0.25, 0.3) is 0 Å². The van der Waals surface area contributed by atoms with Crippen molar-refractivity contribution in [2.75, 3.05) is 23.8 Å². The first-order chi connectivity index (χ1) is 14.6. The summed E-state index contributed by atoms with van der Waals surface area (Å²) in [6.07, 6.45) is 7.39. The van der Waals surface area contributed by atoms with Crippen LogP contribution in [0.15, 0.2) is 61.2 Å². The zero-order chi connectivity index (χ0) is 21.2. The Morgan fingerprint density at radius 3 is 2.53 bits per heavy atom. The van der Waals surface area contributed by atoms with Gasteiger partial charge in [-0.3, -0.25) is 9.59 Å². The Kier molecular flexibility index (Phi) is 7.89. The van der Waals surface area contributed by atoms with E-state index >= 15 is 0 Å². The number of anilines is 2. The maximum Gasteiger partial charge on any atom is 0.251 e. The maximum atomic E-state index is 12.4. The second-order valence-corrected chi connectivity index (χ2v) is 7.41. The molecule has 3 rings (SSSR count). The number of rotatable bonds is 9. The summed E-state index contributed by atoms with van der Waals surface area (Å²) in [7, 11) is 0. The Balaban J connectivity index is 1.46. The lowest BCUT2D eigenvalue weighted by Gasteiger charge is -2.22. The van der Waals surface area contributed by atoms with E-state index in [0.29, 0.717) is 23.6 Å². The zero-order valence-corrected chi connectivity index (χ0v) is 17.2. The Hall–Kier alpha value is -3.28. The SMILES string of the molecule is C=CCOc1cccc(NCC(=O)Nc2ccc(C(=O)NC3CCCCC3)cc2)c1. The number of ether oxygens (including phenoxy) is 1. The van der Waals surface area contributed by atoms with Crippen LogP contribution in [0.4, 0.5) is 11.4 Å². The predicted molar refractivity (Wildman–Crippen MR) is 120 cm³/mol. The zero-order valence-electron chi connectivity index (χ0n) is 17.2. The highest BCUT2D eigenvalue weighted by Gasteiger charge is 2.16. The van der Waals surface area contributed by atoms with E-state index in [1.54, 1.807) is 30.3 Å². The van der Waals surface area contributed by atoms with Gasteiger partial charge in [-0.15, -0.1) is 0 Å². The number of hydrogen-bond donors (Lipinski definition) is 3. The summed E-state index contributed by atoms with van der Waals surface area (Å²) in [5, 5.41) is 9.00. The molecule has 0 aromatic heterocycles. The van der Waals surface area contributed by atoms with Gasteiger partial charge in [0.25, 0.3) is 5.91 Å². The van der Waals surface area contributed by atoms with Crippen LogP contribution in [0, 0.1) is 0 Å². The van der Waals surface area contributed by atoms with Gasteiger partial charge < -0.3 is 20.7 Å². The van der Waals surface area contributed by atoms with Crippen molar-refractivity contribution in [3.05, 3.63) is 66.7 Å². The Bertz CT molecular complexity index is 858. The lowest BCUT2D eigenvalue weighted by atomic mass is 9.95. The first-order valence-electron chi connectivity index (χ1n) is 10.4. The Morgan fingerprint density at radius 2 is 1.80 bits per heavy atom. The van der Waals surface area contributed by atoms with Crippen LogP contribution in [0.5, 0.6) is 5.75 Å². The van der Waals surface area contributed by atoms with Crippen molar-refractivity contribution in [3.63, 3.8) is 0 Å². The van der Waals surface area contributed by atoms with Crippen molar-refractivity contribution in [3.8, 4) is 5.75 Å². The van der Waals surface area contributed by atoms with E-state index < -0.39 is 0 Å². The van der Waals surface area contributed by atoms with Crippen molar-refractivity contribution in [1.29, 1.82) is 0 Å². The van der Waals surface area contributed by atoms with E-state index in [1.807, 2.05) is 24.3 Å². The van der Waals surface area contributed by atoms with Gasteiger partial charge in [-0.05, 0) is 49.2 Å². The molecular formula is C24H29N3O3. The van der Waals surface area contributed by atoms with Crippen LogP contribution in [0.2, 0.25) is 0 Å². The van der Waals surface area contributed by atoms with Gasteiger partial charge in [-0.25, -0.2) is 0 Å². The third kappa shape index (κ3) is 6.65. The van der Waals surface area contributed by atoms with Gasteiger partial charge in [0.1, 0.15) is 12.4 Å². The summed E-state index contributed by atoms with van der Waals surface area (Å²) < 4.78 is 5.49.